The molecule has 2 aromatic carbocycles. The summed E-state index contributed by atoms with van der Waals surface area (Å²) in [6.45, 7) is 0. The van der Waals surface area contributed by atoms with Crippen LogP contribution >= 0.6 is 23.5 Å². The Kier molecular flexibility index (Phi) is 6.15. The van der Waals surface area contributed by atoms with E-state index in [1.54, 1.807) is 32.1 Å². The lowest BCUT2D eigenvalue weighted by atomic mass is 10.1. The smallest absolute Gasteiger partial charge is 0.283 e. The topological polar surface area (TPSA) is 87.3 Å². The largest absolute Gasteiger partial charge is 0.493 e. The van der Waals surface area contributed by atoms with Crippen LogP contribution in [-0.4, -0.2) is 47.4 Å². The number of carbonyl (C=O) groups is 1. The lowest BCUT2D eigenvalue weighted by Gasteiger charge is -2.20. The van der Waals surface area contributed by atoms with Crippen molar-refractivity contribution in [3.05, 3.63) is 59.2 Å². The van der Waals surface area contributed by atoms with E-state index in [0.29, 0.717) is 23.1 Å². The summed E-state index contributed by atoms with van der Waals surface area (Å²) in [4.78, 5) is 17.9. The number of fused-ring (bicyclic) bond motifs is 1. The number of nitrogens with zero attached hydrogens (tertiary/aromatic N) is 3. The molecule has 158 valence electrons. The van der Waals surface area contributed by atoms with E-state index in [1.807, 2.05) is 48.7 Å². The number of carbonyl (C=O) groups excluding carboxylic acids is 1. The molecule has 0 spiro atoms. The third-order valence-electron chi connectivity index (χ3n) is 4.73. The Morgan fingerprint density at radius 1 is 1.13 bits per heavy atom. The highest BCUT2D eigenvalue weighted by Gasteiger charge is 2.35. The number of amides is 1. The van der Waals surface area contributed by atoms with E-state index < -0.39 is 5.91 Å². The number of hydrogen-bond donors (Lipinski definition) is 1. The third-order valence-corrected chi connectivity index (χ3v) is 6.38. The Bertz CT molecular complexity index is 1140. The fourth-order valence-electron chi connectivity index (χ4n) is 3.14. The van der Waals surface area contributed by atoms with Crippen molar-refractivity contribution >= 4 is 51.6 Å². The Morgan fingerprint density at radius 2 is 1.87 bits per heavy atom. The van der Waals surface area contributed by atoms with Crippen molar-refractivity contribution in [3.8, 4) is 11.5 Å². The first-order valence-electron chi connectivity index (χ1n) is 9.36. The van der Waals surface area contributed by atoms with Crippen molar-refractivity contribution in [2.45, 2.75) is 11.3 Å². The summed E-state index contributed by atoms with van der Waals surface area (Å²) in [5, 5.41) is 15.6. The number of thioether (sulfide) groups is 2. The van der Waals surface area contributed by atoms with Crippen LogP contribution < -0.4 is 9.47 Å². The van der Waals surface area contributed by atoms with Crippen LogP contribution in [0, 0.1) is 5.41 Å². The van der Waals surface area contributed by atoms with Gasteiger partial charge in [0.05, 0.1) is 19.8 Å². The fraction of sp³-hybridized carbons (Fsp3) is 0.182. The molecule has 0 saturated carbocycles. The van der Waals surface area contributed by atoms with Crippen molar-refractivity contribution in [1.82, 2.24) is 5.01 Å². The summed E-state index contributed by atoms with van der Waals surface area (Å²) in [7, 11) is 3.18. The molecule has 0 unspecified atom stereocenters. The molecule has 4 rings (SSSR count). The van der Waals surface area contributed by atoms with Gasteiger partial charge < -0.3 is 9.47 Å². The van der Waals surface area contributed by atoms with E-state index in [-0.39, 0.29) is 11.4 Å². The highest BCUT2D eigenvalue weighted by molar-refractivity contribution is 8.26. The molecule has 2 aromatic rings. The van der Waals surface area contributed by atoms with E-state index in [9.17, 15) is 4.79 Å². The number of amidine groups is 2. The lowest BCUT2D eigenvalue weighted by Crippen LogP contribution is -2.35. The molecule has 0 radical (unpaired) electrons. The first-order valence-corrected chi connectivity index (χ1v) is 11.4. The second-order valence-electron chi connectivity index (χ2n) is 6.65. The molecule has 0 saturated heterocycles. The number of hydrazone groups is 1. The molecule has 2 heterocycles. The van der Waals surface area contributed by atoms with Crippen LogP contribution in [-0.2, 0) is 11.2 Å². The Morgan fingerprint density at radius 3 is 2.55 bits per heavy atom. The maximum atomic E-state index is 12.6. The van der Waals surface area contributed by atoms with E-state index in [2.05, 4.69) is 10.1 Å². The van der Waals surface area contributed by atoms with Gasteiger partial charge in [0, 0.05) is 11.3 Å². The van der Waals surface area contributed by atoms with Gasteiger partial charge in [0.25, 0.3) is 5.91 Å². The predicted octanol–water partition coefficient (Wildman–Crippen LogP) is 4.29. The standard InChI is InChI=1S/C22H20N4O3S2/c1-28-17-9-6-14(11-18(17)29-2)12-19-25-26-20(23)16(21(27)24-22(26)31-19)10-13-4-7-15(30-3)8-5-13/h4-11,23H,12H2,1-3H3/b16-10+,23-20?. The number of nitrogens with one attached hydrogen (secondary N) is 1. The summed E-state index contributed by atoms with van der Waals surface area (Å²) in [5.74, 6) is 0.889. The molecule has 2 aliphatic heterocycles. The molecule has 0 aromatic heterocycles. The zero-order valence-electron chi connectivity index (χ0n) is 17.2. The van der Waals surface area contributed by atoms with Crippen molar-refractivity contribution in [2.24, 2.45) is 10.1 Å². The van der Waals surface area contributed by atoms with Crippen molar-refractivity contribution < 1.29 is 14.3 Å². The van der Waals surface area contributed by atoms with Crippen LogP contribution in [0.25, 0.3) is 6.08 Å². The molecular formula is C22H20N4O3S2. The molecule has 9 heteroatoms. The lowest BCUT2D eigenvalue weighted by molar-refractivity contribution is -0.114. The van der Waals surface area contributed by atoms with Crippen molar-refractivity contribution in [3.63, 3.8) is 0 Å². The zero-order valence-corrected chi connectivity index (χ0v) is 18.8. The number of benzene rings is 2. The molecule has 0 atom stereocenters. The maximum Gasteiger partial charge on any atom is 0.283 e. The van der Waals surface area contributed by atoms with E-state index in [0.717, 1.165) is 21.1 Å². The van der Waals surface area contributed by atoms with Gasteiger partial charge in [-0.1, -0.05) is 18.2 Å². The van der Waals surface area contributed by atoms with Gasteiger partial charge in [0.2, 0.25) is 5.17 Å². The number of aliphatic imine (C=N–C) groups is 1. The molecule has 1 amide bonds. The minimum absolute atomic E-state index is 0.0266. The number of rotatable bonds is 6. The van der Waals surface area contributed by atoms with E-state index in [1.165, 1.54) is 16.8 Å². The van der Waals surface area contributed by atoms with Crippen LogP contribution in [0.4, 0.5) is 0 Å². The SMILES string of the molecule is COc1ccc(CC2=NN3C(=N)/C(=C\c4ccc(SC)cc4)C(=O)N=C3S2)cc1OC. The van der Waals surface area contributed by atoms with Gasteiger partial charge in [0.1, 0.15) is 5.04 Å². The summed E-state index contributed by atoms with van der Waals surface area (Å²) >= 11 is 2.94. The molecule has 0 bridgehead atoms. The van der Waals surface area contributed by atoms with Gasteiger partial charge in [-0.05, 0) is 59.5 Å². The fourth-order valence-corrected chi connectivity index (χ4v) is 4.46. The number of methoxy groups -OCH3 is 2. The first kappa shape index (κ1) is 21.2. The maximum absolute atomic E-state index is 12.6. The van der Waals surface area contributed by atoms with Crippen LogP contribution in [0.2, 0.25) is 0 Å². The molecule has 7 nitrogen and oxygen atoms in total. The van der Waals surface area contributed by atoms with Gasteiger partial charge in [-0.2, -0.15) is 15.1 Å². The van der Waals surface area contributed by atoms with Gasteiger partial charge in [-0.15, -0.1) is 11.8 Å². The highest BCUT2D eigenvalue weighted by Crippen LogP contribution is 2.32. The highest BCUT2D eigenvalue weighted by atomic mass is 32.2. The zero-order chi connectivity index (χ0) is 22.0. The monoisotopic (exact) mass is 452 g/mol. The molecule has 1 N–H and O–H groups in total. The number of hydrogen-bond acceptors (Lipinski definition) is 7. The van der Waals surface area contributed by atoms with Gasteiger partial charge >= 0.3 is 0 Å². The second-order valence-corrected chi connectivity index (χ2v) is 8.57. The normalized spacial score (nSPS) is 16.9. The van der Waals surface area contributed by atoms with Gasteiger partial charge in [0.15, 0.2) is 17.3 Å². The summed E-state index contributed by atoms with van der Waals surface area (Å²) in [6, 6.07) is 13.5. The van der Waals surface area contributed by atoms with E-state index in [4.69, 9.17) is 14.9 Å². The summed E-state index contributed by atoms with van der Waals surface area (Å²) < 4.78 is 10.6. The van der Waals surface area contributed by atoms with Crippen molar-refractivity contribution in [1.29, 1.82) is 5.41 Å². The third kappa shape index (κ3) is 4.38. The van der Waals surface area contributed by atoms with Gasteiger partial charge in [-0.3, -0.25) is 10.2 Å². The van der Waals surface area contributed by atoms with Crippen LogP contribution in [0.1, 0.15) is 11.1 Å². The predicted molar refractivity (Wildman–Crippen MR) is 126 cm³/mol. The van der Waals surface area contributed by atoms with Gasteiger partial charge in [-0.25, -0.2) is 0 Å². The Labute approximate surface area is 188 Å². The van der Waals surface area contributed by atoms with Crippen molar-refractivity contribution in [2.75, 3.05) is 20.5 Å². The minimum atomic E-state index is -0.430. The summed E-state index contributed by atoms with van der Waals surface area (Å²) in [6.07, 6.45) is 4.21. The van der Waals surface area contributed by atoms with Crippen LogP contribution in [0.3, 0.4) is 0 Å². The van der Waals surface area contributed by atoms with Crippen LogP contribution in [0.15, 0.2) is 63.0 Å². The average Bonchev–Trinajstić information content (AvgIpc) is 3.19. The second kappa shape index (κ2) is 8.99. The Hall–Kier alpha value is -3.04. The molecular weight excluding hydrogens is 432 g/mol. The number of ether oxygens (including phenoxy) is 2. The minimum Gasteiger partial charge on any atom is -0.493 e. The average molecular weight is 453 g/mol. The molecule has 0 fully saturated rings. The molecule has 0 aliphatic carbocycles. The molecule has 2 aliphatic rings. The summed E-state index contributed by atoms with van der Waals surface area (Å²) in [5.41, 5.74) is 2.04. The van der Waals surface area contributed by atoms with Crippen LogP contribution in [0.5, 0.6) is 11.5 Å². The Balaban J connectivity index is 1.56. The van der Waals surface area contributed by atoms with E-state index >= 15 is 0 Å². The first-order chi connectivity index (χ1) is 15.0. The molecule has 31 heavy (non-hydrogen) atoms. The quantitative estimate of drug-likeness (QED) is 0.520.